The van der Waals surface area contributed by atoms with Crippen molar-refractivity contribution in [2.75, 3.05) is 31.8 Å². The predicted octanol–water partition coefficient (Wildman–Crippen LogP) is 2.11. The fourth-order valence-corrected chi connectivity index (χ4v) is 4.48. The highest BCUT2D eigenvalue weighted by Crippen LogP contribution is 2.23. The lowest BCUT2D eigenvalue weighted by Gasteiger charge is -2.28. The third kappa shape index (κ3) is 4.64. The van der Waals surface area contributed by atoms with Crippen molar-refractivity contribution in [1.82, 2.24) is 4.90 Å². The highest BCUT2D eigenvalue weighted by molar-refractivity contribution is 7.91. The average molecular weight is 336 g/mol. The number of halogens is 2. The van der Waals surface area contributed by atoms with Gasteiger partial charge in [-0.05, 0) is 30.2 Å². The van der Waals surface area contributed by atoms with Crippen LogP contribution >= 0.6 is 11.6 Å². The van der Waals surface area contributed by atoms with Crippen LogP contribution in [0.2, 0.25) is 5.02 Å². The summed E-state index contributed by atoms with van der Waals surface area (Å²) in [7, 11) is -1.37. The molecule has 1 unspecified atom stereocenters. The molecule has 0 aliphatic carbocycles. The molecule has 0 spiro atoms. The smallest absolute Gasteiger partial charge is 0.151 e. The van der Waals surface area contributed by atoms with Crippen molar-refractivity contribution in [3.05, 3.63) is 34.6 Å². The molecule has 0 amide bonds. The molecular formula is C14H19ClFNO3S. The lowest BCUT2D eigenvalue weighted by molar-refractivity contribution is 0.121. The van der Waals surface area contributed by atoms with Gasteiger partial charge in [-0.1, -0.05) is 11.6 Å². The Balaban J connectivity index is 2.14. The van der Waals surface area contributed by atoms with Gasteiger partial charge in [0.1, 0.15) is 5.82 Å². The maximum Gasteiger partial charge on any atom is 0.151 e. The van der Waals surface area contributed by atoms with Crippen molar-refractivity contribution in [3.63, 3.8) is 0 Å². The summed E-state index contributed by atoms with van der Waals surface area (Å²) >= 11 is 6.09. The first-order valence-electron chi connectivity index (χ1n) is 6.78. The van der Waals surface area contributed by atoms with Crippen molar-refractivity contribution in [2.45, 2.75) is 19.0 Å². The largest absolute Gasteiger partial charge is 0.383 e. The lowest BCUT2D eigenvalue weighted by atomic mass is 10.1. The maximum atomic E-state index is 13.4. The molecule has 0 saturated carbocycles. The molecule has 2 rings (SSSR count). The van der Waals surface area contributed by atoms with Crippen LogP contribution in [-0.2, 0) is 21.1 Å². The standard InChI is InChI=1S/C14H19ClFNO3S/c1-20-6-5-17(13-4-7-21(18,19)10-13)9-11-8-12(16)2-3-14(11)15/h2-3,8,13H,4-7,9-10H2,1H3. The van der Waals surface area contributed by atoms with E-state index in [1.165, 1.54) is 18.2 Å². The number of benzene rings is 1. The van der Waals surface area contributed by atoms with Crippen molar-refractivity contribution < 1.29 is 17.5 Å². The third-order valence-electron chi connectivity index (χ3n) is 3.69. The molecule has 1 aliphatic heterocycles. The summed E-state index contributed by atoms with van der Waals surface area (Å²) in [5, 5.41) is 0.486. The molecule has 1 fully saturated rings. The molecule has 21 heavy (non-hydrogen) atoms. The van der Waals surface area contributed by atoms with Crippen LogP contribution in [0.3, 0.4) is 0 Å². The minimum absolute atomic E-state index is 0.0653. The monoisotopic (exact) mass is 335 g/mol. The van der Waals surface area contributed by atoms with Crippen LogP contribution in [0.25, 0.3) is 0 Å². The van der Waals surface area contributed by atoms with E-state index in [-0.39, 0.29) is 23.4 Å². The molecule has 0 N–H and O–H groups in total. The van der Waals surface area contributed by atoms with Gasteiger partial charge in [0, 0.05) is 31.3 Å². The lowest BCUT2D eigenvalue weighted by Crippen LogP contribution is -2.38. The van der Waals surface area contributed by atoms with Gasteiger partial charge in [-0.25, -0.2) is 12.8 Å². The second-order valence-electron chi connectivity index (χ2n) is 5.26. The van der Waals surface area contributed by atoms with E-state index in [9.17, 15) is 12.8 Å². The Morgan fingerprint density at radius 3 is 2.86 bits per heavy atom. The molecule has 1 aromatic carbocycles. The molecule has 1 aromatic rings. The number of nitrogens with zero attached hydrogens (tertiary/aromatic N) is 1. The van der Waals surface area contributed by atoms with E-state index in [0.29, 0.717) is 36.7 Å². The quantitative estimate of drug-likeness (QED) is 0.799. The Morgan fingerprint density at radius 2 is 2.24 bits per heavy atom. The highest BCUT2D eigenvalue weighted by Gasteiger charge is 2.32. The number of methoxy groups -OCH3 is 1. The Labute approximate surface area is 129 Å². The van der Waals surface area contributed by atoms with Crippen molar-refractivity contribution in [3.8, 4) is 0 Å². The molecule has 7 heteroatoms. The SMILES string of the molecule is COCCN(Cc1cc(F)ccc1Cl)C1CCS(=O)(=O)C1. The van der Waals surface area contributed by atoms with Gasteiger partial charge in [0.25, 0.3) is 0 Å². The molecule has 0 bridgehead atoms. The van der Waals surface area contributed by atoms with Gasteiger partial charge in [-0.2, -0.15) is 0 Å². The predicted molar refractivity (Wildman–Crippen MR) is 80.8 cm³/mol. The summed E-state index contributed by atoms with van der Waals surface area (Å²) < 4.78 is 41.7. The van der Waals surface area contributed by atoms with Gasteiger partial charge in [-0.3, -0.25) is 4.90 Å². The number of hydrogen-bond donors (Lipinski definition) is 0. The fraction of sp³-hybridized carbons (Fsp3) is 0.571. The van der Waals surface area contributed by atoms with Crippen LogP contribution in [0.4, 0.5) is 4.39 Å². The second-order valence-corrected chi connectivity index (χ2v) is 7.89. The Morgan fingerprint density at radius 1 is 1.48 bits per heavy atom. The van der Waals surface area contributed by atoms with Crippen LogP contribution < -0.4 is 0 Å². The molecule has 1 saturated heterocycles. The van der Waals surface area contributed by atoms with Gasteiger partial charge in [-0.15, -0.1) is 0 Å². The molecule has 4 nitrogen and oxygen atoms in total. The summed E-state index contributed by atoms with van der Waals surface area (Å²) in [5.74, 6) is 0.00179. The number of ether oxygens (including phenoxy) is 1. The van der Waals surface area contributed by atoms with Gasteiger partial charge >= 0.3 is 0 Å². The zero-order valence-electron chi connectivity index (χ0n) is 11.9. The van der Waals surface area contributed by atoms with Crippen LogP contribution in [0.5, 0.6) is 0 Å². The topological polar surface area (TPSA) is 46.6 Å². The molecule has 0 radical (unpaired) electrons. The minimum atomic E-state index is -2.97. The molecule has 118 valence electrons. The molecular weight excluding hydrogens is 317 g/mol. The summed E-state index contributed by atoms with van der Waals surface area (Å²) in [6, 6.07) is 4.16. The van der Waals surface area contributed by atoms with Crippen molar-refractivity contribution in [1.29, 1.82) is 0 Å². The van der Waals surface area contributed by atoms with E-state index in [0.717, 1.165) is 0 Å². The zero-order valence-corrected chi connectivity index (χ0v) is 13.5. The zero-order chi connectivity index (χ0) is 15.5. The van der Waals surface area contributed by atoms with Crippen LogP contribution in [0.1, 0.15) is 12.0 Å². The van der Waals surface area contributed by atoms with E-state index in [4.69, 9.17) is 16.3 Å². The summed E-state index contributed by atoms with van der Waals surface area (Å²) in [5.41, 5.74) is 0.664. The highest BCUT2D eigenvalue weighted by atomic mass is 35.5. The summed E-state index contributed by atoms with van der Waals surface area (Å²) in [6.45, 7) is 1.49. The second kappa shape index (κ2) is 7.05. The summed E-state index contributed by atoms with van der Waals surface area (Å²) in [4.78, 5) is 2.01. The Bertz CT molecular complexity index is 594. The first-order chi connectivity index (χ1) is 9.91. The number of sulfone groups is 1. The van der Waals surface area contributed by atoms with Crippen LogP contribution in [0.15, 0.2) is 18.2 Å². The van der Waals surface area contributed by atoms with Crippen LogP contribution in [0, 0.1) is 5.82 Å². The van der Waals surface area contributed by atoms with E-state index < -0.39 is 9.84 Å². The average Bonchev–Trinajstić information content (AvgIpc) is 2.78. The van der Waals surface area contributed by atoms with E-state index in [1.807, 2.05) is 4.90 Å². The molecule has 0 aromatic heterocycles. The van der Waals surface area contributed by atoms with Crippen molar-refractivity contribution >= 4 is 21.4 Å². The first kappa shape index (κ1) is 16.7. The number of hydrogen-bond acceptors (Lipinski definition) is 4. The Kier molecular flexibility index (Phi) is 5.60. The maximum absolute atomic E-state index is 13.4. The Hall–Kier alpha value is -0.690. The van der Waals surface area contributed by atoms with Gasteiger partial charge in [0.05, 0.1) is 18.1 Å². The normalized spacial score (nSPS) is 21.0. The fourth-order valence-electron chi connectivity index (χ4n) is 2.55. The molecule has 1 aliphatic rings. The molecule has 1 heterocycles. The molecule has 1 atom stereocenters. The first-order valence-corrected chi connectivity index (χ1v) is 8.98. The minimum Gasteiger partial charge on any atom is -0.383 e. The van der Waals surface area contributed by atoms with E-state index in [1.54, 1.807) is 7.11 Å². The van der Waals surface area contributed by atoms with E-state index >= 15 is 0 Å². The van der Waals surface area contributed by atoms with Gasteiger partial charge in [0.15, 0.2) is 9.84 Å². The third-order valence-corrected chi connectivity index (χ3v) is 5.81. The summed E-state index contributed by atoms with van der Waals surface area (Å²) in [6.07, 6.45) is 0.596. The van der Waals surface area contributed by atoms with Gasteiger partial charge in [0.2, 0.25) is 0 Å². The van der Waals surface area contributed by atoms with Crippen LogP contribution in [-0.4, -0.2) is 51.1 Å². The van der Waals surface area contributed by atoms with Gasteiger partial charge < -0.3 is 4.74 Å². The number of rotatable bonds is 6. The van der Waals surface area contributed by atoms with Crippen molar-refractivity contribution in [2.24, 2.45) is 0 Å². The van der Waals surface area contributed by atoms with E-state index in [2.05, 4.69) is 0 Å².